The molecule has 118 valence electrons. The van der Waals surface area contributed by atoms with Crippen LogP contribution in [0.1, 0.15) is 19.3 Å². The second-order valence-electron chi connectivity index (χ2n) is 5.20. The molecule has 0 amide bonds. The van der Waals surface area contributed by atoms with Crippen LogP contribution in [-0.4, -0.2) is 37.5 Å². The summed E-state index contributed by atoms with van der Waals surface area (Å²) in [5.74, 6) is -2.37. The van der Waals surface area contributed by atoms with Gasteiger partial charge in [0.05, 0.1) is 0 Å². The van der Waals surface area contributed by atoms with Gasteiger partial charge in [-0.05, 0) is 37.3 Å². The monoisotopic (exact) mass is 320 g/mol. The highest BCUT2D eigenvalue weighted by Gasteiger charge is 2.34. The predicted molar refractivity (Wildman–Crippen MR) is 74.0 cm³/mol. The van der Waals surface area contributed by atoms with Crippen LogP contribution in [0.15, 0.2) is 17.0 Å². The molecule has 1 aromatic carbocycles. The van der Waals surface area contributed by atoms with Crippen LogP contribution >= 0.6 is 0 Å². The molecule has 1 aliphatic rings. The SMILES string of the molecule is Nc1cc(F)c(S(=O)(=O)N2CCCC(CCO)C2)c(F)c1. The van der Waals surface area contributed by atoms with E-state index >= 15 is 0 Å². The van der Waals surface area contributed by atoms with Crippen molar-refractivity contribution < 1.29 is 22.3 Å². The molecule has 1 heterocycles. The van der Waals surface area contributed by atoms with E-state index < -0.39 is 26.6 Å². The Hall–Kier alpha value is -1.25. The van der Waals surface area contributed by atoms with E-state index in [-0.39, 0.29) is 31.3 Å². The molecule has 3 N–H and O–H groups in total. The van der Waals surface area contributed by atoms with Crippen molar-refractivity contribution in [1.82, 2.24) is 4.31 Å². The van der Waals surface area contributed by atoms with Crippen LogP contribution in [0.2, 0.25) is 0 Å². The first kappa shape index (κ1) is 16.1. The van der Waals surface area contributed by atoms with Crippen LogP contribution in [0.4, 0.5) is 14.5 Å². The maximum absolute atomic E-state index is 13.8. The third-order valence-corrected chi connectivity index (χ3v) is 5.55. The van der Waals surface area contributed by atoms with Crippen LogP contribution in [0.3, 0.4) is 0 Å². The molecule has 0 aliphatic carbocycles. The molecule has 1 fully saturated rings. The number of sulfonamides is 1. The second-order valence-corrected chi connectivity index (χ2v) is 7.07. The van der Waals surface area contributed by atoms with Crippen molar-refractivity contribution in [2.75, 3.05) is 25.4 Å². The van der Waals surface area contributed by atoms with Gasteiger partial charge in [-0.15, -0.1) is 0 Å². The van der Waals surface area contributed by atoms with Gasteiger partial charge in [0, 0.05) is 25.4 Å². The highest BCUT2D eigenvalue weighted by molar-refractivity contribution is 7.89. The summed E-state index contributed by atoms with van der Waals surface area (Å²) in [7, 11) is -4.25. The summed E-state index contributed by atoms with van der Waals surface area (Å²) in [5, 5.41) is 8.94. The Morgan fingerprint density at radius 2 is 1.95 bits per heavy atom. The zero-order chi connectivity index (χ0) is 15.6. The maximum Gasteiger partial charge on any atom is 0.248 e. The lowest BCUT2D eigenvalue weighted by Gasteiger charge is -2.31. The highest BCUT2D eigenvalue weighted by atomic mass is 32.2. The minimum absolute atomic E-state index is 0.00145. The van der Waals surface area contributed by atoms with Crippen molar-refractivity contribution >= 4 is 15.7 Å². The average molecular weight is 320 g/mol. The minimum Gasteiger partial charge on any atom is -0.399 e. The number of piperidine rings is 1. The number of nitrogens with zero attached hydrogens (tertiary/aromatic N) is 1. The molecule has 1 atom stereocenters. The molecule has 0 spiro atoms. The molecule has 0 aromatic heterocycles. The van der Waals surface area contributed by atoms with Gasteiger partial charge < -0.3 is 10.8 Å². The number of nitrogen functional groups attached to an aromatic ring is 1. The van der Waals surface area contributed by atoms with Crippen molar-refractivity contribution in [3.8, 4) is 0 Å². The molecular weight excluding hydrogens is 302 g/mol. The molecule has 1 unspecified atom stereocenters. The van der Waals surface area contributed by atoms with Gasteiger partial charge in [-0.1, -0.05) is 0 Å². The van der Waals surface area contributed by atoms with Gasteiger partial charge in [0.25, 0.3) is 0 Å². The Kier molecular flexibility index (Phi) is 4.80. The third-order valence-electron chi connectivity index (χ3n) is 3.64. The number of nitrogens with two attached hydrogens (primary N) is 1. The van der Waals surface area contributed by atoms with E-state index in [1.54, 1.807) is 0 Å². The van der Waals surface area contributed by atoms with Gasteiger partial charge >= 0.3 is 0 Å². The van der Waals surface area contributed by atoms with E-state index in [9.17, 15) is 17.2 Å². The Bertz CT molecular complexity index is 597. The summed E-state index contributed by atoms with van der Waals surface area (Å²) in [5.41, 5.74) is 5.13. The lowest BCUT2D eigenvalue weighted by molar-refractivity contribution is 0.202. The van der Waals surface area contributed by atoms with E-state index in [1.165, 1.54) is 0 Å². The number of benzene rings is 1. The molecule has 1 saturated heterocycles. The predicted octanol–water partition coefficient (Wildman–Crippen LogP) is 1.33. The molecule has 21 heavy (non-hydrogen) atoms. The first-order valence-electron chi connectivity index (χ1n) is 6.71. The molecule has 1 aromatic rings. The number of aliphatic hydroxyl groups excluding tert-OH is 1. The van der Waals surface area contributed by atoms with E-state index in [0.29, 0.717) is 12.8 Å². The highest BCUT2D eigenvalue weighted by Crippen LogP contribution is 2.29. The number of anilines is 1. The molecule has 5 nitrogen and oxygen atoms in total. The molecule has 0 radical (unpaired) electrons. The summed E-state index contributed by atoms with van der Waals surface area (Å²) < 4.78 is 53.6. The van der Waals surface area contributed by atoms with E-state index in [4.69, 9.17) is 10.8 Å². The lowest BCUT2D eigenvalue weighted by atomic mass is 9.97. The normalized spacial score (nSPS) is 20.6. The summed E-state index contributed by atoms with van der Waals surface area (Å²) >= 11 is 0. The summed E-state index contributed by atoms with van der Waals surface area (Å²) in [6.45, 7) is 0.336. The standard InChI is InChI=1S/C13H18F2N2O3S/c14-11-6-10(16)7-12(15)13(11)21(19,20)17-4-1-2-9(8-17)3-5-18/h6-7,9,18H,1-5,8,16H2. The molecule has 0 saturated carbocycles. The fourth-order valence-electron chi connectivity index (χ4n) is 2.62. The summed E-state index contributed by atoms with van der Waals surface area (Å²) in [6.07, 6.45) is 1.86. The molecule has 0 bridgehead atoms. The van der Waals surface area contributed by atoms with Crippen molar-refractivity contribution in [3.63, 3.8) is 0 Å². The van der Waals surface area contributed by atoms with Crippen molar-refractivity contribution in [3.05, 3.63) is 23.8 Å². The van der Waals surface area contributed by atoms with Crippen molar-refractivity contribution in [1.29, 1.82) is 0 Å². The Balaban J connectivity index is 2.34. The minimum atomic E-state index is -4.25. The zero-order valence-electron chi connectivity index (χ0n) is 11.4. The van der Waals surface area contributed by atoms with Gasteiger partial charge in [-0.3, -0.25) is 0 Å². The second kappa shape index (κ2) is 6.25. The van der Waals surface area contributed by atoms with Crippen LogP contribution in [-0.2, 0) is 10.0 Å². The number of hydrogen-bond donors (Lipinski definition) is 2. The summed E-state index contributed by atoms with van der Waals surface area (Å²) in [4.78, 5) is -0.957. The van der Waals surface area contributed by atoms with Crippen molar-refractivity contribution in [2.45, 2.75) is 24.2 Å². The van der Waals surface area contributed by atoms with Gasteiger partial charge in [-0.25, -0.2) is 17.2 Å². The smallest absolute Gasteiger partial charge is 0.248 e. The Labute approximate surface area is 122 Å². The maximum atomic E-state index is 13.8. The fraction of sp³-hybridized carbons (Fsp3) is 0.538. The number of halogens is 2. The van der Waals surface area contributed by atoms with Crippen LogP contribution < -0.4 is 5.73 Å². The average Bonchev–Trinajstić information content (AvgIpc) is 2.37. The Morgan fingerprint density at radius 3 is 2.52 bits per heavy atom. The van der Waals surface area contributed by atoms with E-state index in [2.05, 4.69) is 0 Å². The van der Waals surface area contributed by atoms with Crippen LogP contribution in [0.5, 0.6) is 0 Å². The molecule has 2 rings (SSSR count). The first-order valence-corrected chi connectivity index (χ1v) is 8.15. The Morgan fingerprint density at radius 1 is 1.33 bits per heavy atom. The van der Waals surface area contributed by atoms with Crippen LogP contribution in [0, 0.1) is 17.6 Å². The lowest BCUT2D eigenvalue weighted by Crippen LogP contribution is -2.40. The van der Waals surface area contributed by atoms with E-state index in [1.807, 2.05) is 0 Å². The number of rotatable bonds is 4. The van der Waals surface area contributed by atoms with Gasteiger partial charge in [-0.2, -0.15) is 4.31 Å². The van der Waals surface area contributed by atoms with Crippen molar-refractivity contribution in [2.24, 2.45) is 5.92 Å². The van der Waals surface area contributed by atoms with Gasteiger partial charge in [0.2, 0.25) is 10.0 Å². The fourth-order valence-corrected chi connectivity index (χ4v) is 4.26. The quantitative estimate of drug-likeness (QED) is 0.820. The number of aliphatic hydroxyl groups is 1. The number of hydrogen-bond acceptors (Lipinski definition) is 4. The largest absolute Gasteiger partial charge is 0.399 e. The van der Waals surface area contributed by atoms with Crippen LogP contribution in [0.25, 0.3) is 0 Å². The van der Waals surface area contributed by atoms with E-state index in [0.717, 1.165) is 22.9 Å². The topological polar surface area (TPSA) is 83.6 Å². The third kappa shape index (κ3) is 3.33. The zero-order valence-corrected chi connectivity index (χ0v) is 12.2. The first-order chi connectivity index (χ1) is 9.86. The van der Waals surface area contributed by atoms with Gasteiger partial charge in [0.15, 0.2) is 4.90 Å². The molecule has 8 heteroatoms. The molecule has 1 aliphatic heterocycles. The van der Waals surface area contributed by atoms with Gasteiger partial charge in [0.1, 0.15) is 11.6 Å². The molecular formula is C13H18F2N2O3S. The summed E-state index contributed by atoms with van der Waals surface area (Å²) in [6, 6.07) is 1.59.